The van der Waals surface area contributed by atoms with Crippen molar-refractivity contribution in [3.63, 3.8) is 0 Å². The van der Waals surface area contributed by atoms with E-state index in [1.165, 1.54) is 41.3 Å². The molecule has 1 fully saturated rings. The molecular weight excluding hydrogens is 683 g/mol. The van der Waals surface area contributed by atoms with E-state index in [2.05, 4.69) is 5.43 Å². The number of hydrogen-bond acceptors (Lipinski definition) is 8. The summed E-state index contributed by atoms with van der Waals surface area (Å²) in [5, 5.41) is 1.76. The summed E-state index contributed by atoms with van der Waals surface area (Å²) >= 11 is 1.38. The van der Waals surface area contributed by atoms with Crippen LogP contribution in [0.15, 0.2) is 82.6 Å². The predicted molar refractivity (Wildman–Crippen MR) is 180 cm³/mol. The zero-order valence-electron chi connectivity index (χ0n) is 27.0. The van der Waals surface area contributed by atoms with Crippen molar-refractivity contribution in [1.82, 2.24) is 9.58 Å². The first-order chi connectivity index (χ1) is 24.5. The Morgan fingerprint density at radius 2 is 1.82 bits per heavy atom. The van der Waals surface area contributed by atoms with E-state index in [1.807, 2.05) is 18.2 Å². The van der Waals surface area contributed by atoms with Gasteiger partial charge in [-0.2, -0.15) is 0 Å². The molecule has 3 aliphatic carbocycles. The summed E-state index contributed by atoms with van der Waals surface area (Å²) in [5.41, 5.74) is 5.97. The smallest absolute Gasteiger partial charge is 0.342 e. The van der Waals surface area contributed by atoms with Gasteiger partial charge < -0.3 is 24.5 Å². The van der Waals surface area contributed by atoms with Gasteiger partial charge in [0.15, 0.2) is 5.69 Å². The fraction of sp³-hybridized carbons (Fsp3) is 0.289. The molecule has 5 atom stereocenters. The number of allylic oxidation sites excluding steroid dienone is 4. The third-order valence-electron chi connectivity index (χ3n) is 10.8. The van der Waals surface area contributed by atoms with E-state index >= 15 is 13.2 Å². The molecular formula is C38H28F3N3O6S. The summed E-state index contributed by atoms with van der Waals surface area (Å²) < 4.78 is 66.6. The minimum absolute atomic E-state index is 0.0516. The molecule has 13 heteroatoms. The summed E-state index contributed by atoms with van der Waals surface area (Å²) in [6.07, 6.45) is 1.45. The zero-order chi connectivity index (χ0) is 35.0. The van der Waals surface area contributed by atoms with Crippen LogP contribution >= 0.6 is 11.3 Å². The van der Waals surface area contributed by atoms with Crippen molar-refractivity contribution >= 4 is 28.8 Å². The number of carbonyl (C=O) groups is 2. The Morgan fingerprint density at radius 1 is 1.02 bits per heavy atom. The van der Waals surface area contributed by atoms with Crippen LogP contribution in [0.5, 0.6) is 5.75 Å². The number of carbonyl (C=O) groups excluding carboxylic acids is 2. The van der Waals surface area contributed by atoms with Gasteiger partial charge in [-0.1, -0.05) is 42.5 Å². The van der Waals surface area contributed by atoms with Gasteiger partial charge in [-0.05, 0) is 64.3 Å². The maximum Gasteiger partial charge on any atom is 0.342 e. The fourth-order valence-electron chi connectivity index (χ4n) is 8.67. The number of fused-ring (bicyclic) bond motifs is 5. The summed E-state index contributed by atoms with van der Waals surface area (Å²) in [6.45, 7) is 1.60. The van der Waals surface area contributed by atoms with Gasteiger partial charge in [-0.25, -0.2) is 18.0 Å². The fourth-order valence-corrected chi connectivity index (χ4v) is 9.81. The molecule has 5 heterocycles. The van der Waals surface area contributed by atoms with Gasteiger partial charge in [0.1, 0.15) is 17.9 Å². The summed E-state index contributed by atoms with van der Waals surface area (Å²) in [5.74, 6) is -6.22. The molecule has 0 spiro atoms. The molecule has 51 heavy (non-hydrogen) atoms. The van der Waals surface area contributed by atoms with Gasteiger partial charge in [0.25, 0.3) is 18.1 Å². The van der Waals surface area contributed by atoms with E-state index in [9.17, 15) is 14.4 Å². The number of morpholine rings is 1. The highest BCUT2D eigenvalue weighted by atomic mass is 32.1. The molecule has 1 amide bonds. The lowest BCUT2D eigenvalue weighted by molar-refractivity contribution is -0.0794. The highest BCUT2D eigenvalue weighted by molar-refractivity contribution is 7.14. The molecule has 6 aliphatic rings. The van der Waals surface area contributed by atoms with Crippen LogP contribution in [0.4, 0.5) is 13.2 Å². The molecule has 9 nitrogen and oxygen atoms in total. The Hall–Kier alpha value is -5.14. The normalized spacial score (nSPS) is 27.7. The van der Waals surface area contributed by atoms with Crippen molar-refractivity contribution in [1.29, 1.82) is 0 Å². The number of aromatic nitrogens is 1. The first kappa shape index (κ1) is 30.7. The van der Waals surface area contributed by atoms with Crippen LogP contribution in [0, 0.1) is 5.92 Å². The number of rotatable bonds is 3. The highest BCUT2D eigenvalue weighted by Crippen LogP contribution is 2.59. The molecule has 4 aromatic rings. The molecule has 258 valence electrons. The maximum atomic E-state index is 15.9. The Balaban J connectivity index is 1.05. The number of benzene rings is 2. The number of amides is 1. The Morgan fingerprint density at radius 3 is 2.69 bits per heavy atom. The Bertz CT molecular complexity index is 2360. The number of hydrogen-bond donors (Lipinski definition) is 1. The van der Waals surface area contributed by atoms with Gasteiger partial charge in [0.05, 0.1) is 18.1 Å². The van der Waals surface area contributed by atoms with E-state index < -0.39 is 59.8 Å². The molecule has 3 aliphatic heterocycles. The van der Waals surface area contributed by atoms with E-state index in [0.717, 1.165) is 21.6 Å². The standard InChI is InChI=1S/C38H28F3N3O6S/c1-37(39)11-9-18-15-24-20(7-4-8-21(24)31-26-19(17-51-31)16-38(40,41)32(37)27(18)26)29-33-42-44-12-10-25(45)30(28(44)34(46)43(33)13-14-48-29)49-36-23-6-3-2-5-22(23)35(47)50-36/h2-12,17,29,32-33,36,42H,13-16H2,1H3. The maximum absolute atomic E-state index is 15.9. The van der Waals surface area contributed by atoms with Gasteiger partial charge in [-0.15, -0.1) is 11.3 Å². The second kappa shape index (κ2) is 10.5. The number of ether oxygens (including phenoxy) is 3. The zero-order valence-corrected chi connectivity index (χ0v) is 27.8. The third-order valence-corrected chi connectivity index (χ3v) is 11.9. The van der Waals surface area contributed by atoms with Crippen LogP contribution < -0.4 is 15.6 Å². The number of nitrogens with one attached hydrogen (secondary N) is 1. The first-order valence-corrected chi connectivity index (χ1v) is 17.5. The number of nitrogens with zero attached hydrogens (tertiary/aromatic N) is 2. The Kier molecular flexibility index (Phi) is 6.29. The molecule has 2 aromatic heterocycles. The molecule has 0 radical (unpaired) electrons. The van der Waals surface area contributed by atoms with Crippen LogP contribution in [0.1, 0.15) is 68.0 Å². The molecule has 5 unspecified atom stereocenters. The molecule has 1 saturated heterocycles. The quantitative estimate of drug-likeness (QED) is 0.248. The molecule has 0 bridgehead atoms. The van der Waals surface area contributed by atoms with Crippen molar-refractivity contribution < 1.29 is 37.0 Å². The summed E-state index contributed by atoms with van der Waals surface area (Å²) in [6, 6.07) is 13.7. The van der Waals surface area contributed by atoms with E-state index in [1.54, 1.807) is 40.6 Å². The molecule has 0 saturated carbocycles. The van der Waals surface area contributed by atoms with Crippen LogP contribution in [0.3, 0.4) is 0 Å². The lowest BCUT2D eigenvalue weighted by Gasteiger charge is -2.46. The SMILES string of the molecule is CC1(F)C=CC2=C3c4c(csc4-c4cccc(C5OCCN6C(=O)c7c(OC8OC(=O)c9ccccc98)c(=O)ccn7NC56)c4C2)CC(F)(F)C31. The van der Waals surface area contributed by atoms with Crippen molar-refractivity contribution in [2.75, 3.05) is 18.6 Å². The number of alkyl halides is 3. The van der Waals surface area contributed by atoms with Crippen LogP contribution in [0.25, 0.3) is 16.0 Å². The number of thiophene rings is 1. The molecule has 10 rings (SSSR count). The molecule has 1 N–H and O–H groups in total. The third kappa shape index (κ3) is 4.27. The summed E-state index contributed by atoms with van der Waals surface area (Å²) in [7, 11) is 0. The molecule has 2 aromatic carbocycles. The minimum atomic E-state index is -3.27. The van der Waals surface area contributed by atoms with Gasteiger partial charge in [0.2, 0.25) is 11.2 Å². The average molecular weight is 712 g/mol. The van der Waals surface area contributed by atoms with Gasteiger partial charge in [0, 0.05) is 41.2 Å². The number of halogens is 3. The minimum Gasteiger partial charge on any atom is -0.444 e. The first-order valence-electron chi connectivity index (χ1n) is 16.6. The lowest BCUT2D eigenvalue weighted by atomic mass is 9.66. The van der Waals surface area contributed by atoms with Gasteiger partial charge in [-0.3, -0.25) is 14.3 Å². The average Bonchev–Trinajstić information content (AvgIpc) is 3.62. The summed E-state index contributed by atoms with van der Waals surface area (Å²) in [4.78, 5) is 42.4. The number of cyclic esters (lactones) is 1. The monoisotopic (exact) mass is 711 g/mol. The van der Waals surface area contributed by atoms with Crippen molar-refractivity contribution in [3.05, 3.63) is 127 Å². The topological polar surface area (TPSA) is 99.1 Å². The van der Waals surface area contributed by atoms with Crippen LogP contribution in [-0.4, -0.2) is 52.4 Å². The number of esters is 1. The van der Waals surface area contributed by atoms with Crippen molar-refractivity contribution in [3.8, 4) is 16.2 Å². The second-order valence-corrected chi connectivity index (χ2v) is 14.7. The number of pyridine rings is 1. The Labute approximate surface area is 292 Å². The van der Waals surface area contributed by atoms with E-state index in [4.69, 9.17) is 14.2 Å². The van der Waals surface area contributed by atoms with Crippen LogP contribution in [-0.2, 0) is 22.3 Å². The van der Waals surface area contributed by atoms with E-state index in [-0.39, 0.29) is 31.0 Å². The lowest BCUT2D eigenvalue weighted by Crippen LogP contribution is -2.60. The van der Waals surface area contributed by atoms with Gasteiger partial charge >= 0.3 is 5.97 Å². The van der Waals surface area contributed by atoms with E-state index in [0.29, 0.717) is 33.4 Å². The largest absolute Gasteiger partial charge is 0.444 e. The highest BCUT2D eigenvalue weighted by Gasteiger charge is 2.58. The van der Waals surface area contributed by atoms with Crippen molar-refractivity contribution in [2.24, 2.45) is 5.92 Å². The second-order valence-electron chi connectivity index (χ2n) is 13.8. The predicted octanol–water partition coefficient (Wildman–Crippen LogP) is 6.34. The van der Waals surface area contributed by atoms with Crippen LogP contribution in [0.2, 0.25) is 0 Å². The van der Waals surface area contributed by atoms with Crippen molar-refractivity contribution in [2.45, 2.75) is 49.9 Å².